The van der Waals surface area contributed by atoms with E-state index < -0.39 is 8.32 Å². The van der Waals surface area contributed by atoms with Gasteiger partial charge in [0.05, 0.1) is 6.61 Å². The Morgan fingerprint density at radius 2 is 2.00 bits per heavy atom. The smallest absolute Gasteiger partial charge is 0.192 e. The van der Waals surface area contributed by atoms with E-state index in [-0.39, 0.29) is 5.04 Å². The normalized spacial score (nSPS) is 21.1. The molecular weight excluding hydrogens is 272 g/mol. The first-order valence-electron chi connectivity index (χ1n) is 7.16. The molecule has 1 aliphatic carbocycles. The van der Waals surface area contributed by atoms with E-state index in [9.17, 15) is 0 Å². The zero-order valence-corrected chi connectivity index (χ0v) is 15.2. The summed E-state index contributed by atoms with van der Waals surface area (Å²) >= 11 is 6.08. The minimum atomic E-state index is -1.69. The van der Waals surface area contributed by atoms with E-state index in [1.807, 2.05) is 0 Å². The minimum Gasteiger partial charge on any atom is -0.413 e. The summed E-state index contributed by atoms with van der Waals surface area (Å²) in [6, 6.07) is 0. The quantitative estimate of drug-likeness (QED) is 0.368. The fraction of sp³-hybridized carbons (Fsp3) is 0.750. The van der Waals surface area contributed by atoms with Crippen LogP contribution in [0.1, 0.15) is 40.5 Å². The van der Waals surface area contributed by atoms with Gasteiger partial charge in [0.2, 0.25) is 0 Å². The van der Waals surface area contributed by atoms with Crippen molar-refractivity contribution in [2.24, 2.45) is 5.92 Å². The maximum atomic E-state index is 6.37. The van der Waals surface area contributed by atoms with Crippen LogP contribution in [0.15, 0.2) is 23.3 Å². The zero-order chi connectivity index (χ0) is 14.8. The van der Waals surface area contributed by atoms with E-state index in [1.54, 1.807) is 0 Å². The van der Waals surface area contributed by atoms with Gasteiger partial charge >= 0.3 is 0 Å². The molecule has 1 atom stereocenters. The summed E-state index contributed by atoms with van der Waals surface area (Å²) in [7, 11) is -1.69. The van der Waals surface area contributed by atoms with Gasteiger partial charge in [-0.05, 0) is 43.5 Å². The summed E-state index contributed by atoms with van der Waals surface area (Å²) in [5, 5.41) is 0.256. The first kappa shape index (κ1) is 17.0. The van der Waals surface area contributed by atoms with E-state index in [0.29, 0.717) is 11.8 Å². The maximum absolute atomic E-state index is 6.37. The molecular formula is C16H29ClOSi. The lowest BCUT2D eigenvalue weighted by atomic mass is 9.95. The highest BCUT2D eigenvalue weighted by molar-refractivity contribution is 6.74. The lowest BCUT2D eigenvalue weighted by Crippen LogP contribution is -2.41. The molecule has 0 aromatic heterocycles. The Kier molecular flexibility index (Phi) is 5.50. The summed E-state index contributed by atoms with van der Waals surface area (Å²) in [6.45, 7) is 18.4. The van der Waals surface area contributed by atoms with Crippen molar-refractivity contribution in [2.45, 2.75) is 58.7 Å². The average Bonchev–Trinajstić information content (AvgIpc) is 2.67. The van der Waals surface area contributed by atoms with Crippen molar-refractivity contribution >= 4 is 19.9 Å². The summed E-state index contributed by atoms with van der Waals surface area (Å²) in [6.07, 6.45) is 2.27. The predicted octanol–water partition coefficient (Wildman–Crippen LogP) is 5.53. The molecule has 0 bridgehead atoms. The van der Waals surface area contributed by atoms with Crippen LogP contribution in [0, 0.1) is 5.92 Å². The molecule has 0 radical (unpaired) electrons. The van der Waals surface area contributed by atoms with E-state index >= 15 is 0 Å². The highest BCUT2D eigenvalue weighted by Gasteiger charge is 2.38. The number of hydrogen-bond acceptors (Lipinski definition) is 1. The predicted molar refractivity (Wildman–Crippen MR) is 88.4 cm³/mol. The Hall–Kier alpha value is -0.0531. The molecule has 0 saturated heterocycles. The Morgan fingerprint density at radius 1 is 1.42 bits per heavy atom. The molecule has 0 amide bonds. The number of alkyl halides is 1. The van der Waals surface area contributed by atoms with Crippen molar-refractivity contribution < 1.29 is 4.43 Å². The van der Waals surface area contributed by atoms with Crippen LogP contribution in [0.4, 0.5) is 0 Å². The molecule has 0 aromatic carbocycles. The fourth-order valence-corrected chi connectivity index (χ4v) is 3.53. The van der Waals surface area contributed by atoms with Crippen LogP contribution in [-0.2, 0) is 4.43 Å². The van der Waals surface area contributed by atoms with Crippen molar-refractivity contribution in [3.8, 4) is 0 Å². The second-order valence-electron chi connectivity index (χ2n) is 7.25. The largest absolute Gasteiger partial charge is 0.413 e. The topological polar surface area (TPSA) is 9.23 Å². The van der Waals surface area contributed by atoms with Crippen molar-refractivity contribution in [3.05, 3.63) is 23.3 Å². The molecule has 0 spiro atoms. The van der Waals surface area contributed by atoms with E-state index in [2.05, 4.69) is 47.4 Å². The molecule has 0 unspecified atom stereocenters. The second-order valence-corrected chi connectivity index (χ2v) is 12.3. The van der Waals surface area contributed by atoms with Gasteiger partial charge in [-0.25, -0.2) is 0 Å². The van der Waals surface area contributed by atoms with Crippen LogP contribution < -0.4 is 0 Å². The van der Waals surface area contributed by atoms with Crippen LogP contribution >= 0.6 is 11.6 Å². The van der Waals surface area contributed by atoms with Gasteiger partial charge in [0, 0.05) is 11.8 Å². The lowest BCUT2D eigenvalue weighted by Gasteiger charge is -2.37. The molecule has 19 heavy (non-hydrogen) atoms. The van der Waals surface area contributed by atoms with Gasteiger partial charge < -0.3 is 4.43 Å². The summed E-state index contributed by atoms with van der Waals surface area (Å²) in [4.78, 5) is 0. The van der Waals surface area contributed by atoms with Gasteiger partial charge in [0.15, 0.2) is 8.32 Å². The Labute approximate surface area is 125 Å². The van der Waals surface area contributed by atoms with E-state index in [0.717, 1.165) is 19.4 Å². The van der Waals surface area contributed by atoms with Gasteiger partial charge in [0.1, 0.15) is 0 Å². The summed E-state index contributed by atoms with van der Waals surface area (Å²) < 4.78 is 6.37. The highest BCUT2D eigenvalue weighted by atomic mass is 35.5. The molecule has 0 heterocycles. The lowest BCUT2D eigenvalue weighted by molar-refractivity contribution is 0.309. The summed E-state index contributed by atoms with van der Waals surface area (Å²) in [5.41, 5.74) is 4.04. The van der Waals surface area contributed by atoms with Gasteiger partial charge in [-0.15, -0.1) is 11.6 Å². The Balaban J connectivity index is 2.82. The van der Waals surface area contributed by atoms with Gasteiger partial charge in [-0.1, -0.05) is 38.5 Å². The molecule has 0 aromatic rings. The molecule has 0 aliphatic heterocycles. The minimum absolute atomic E-state index is 0.256. The van der Waals surface area contributed by atoms with Crippen LogP contribution in [0.25, 0.3) is 0 Å². The van der Waals surface area contributed by atoms with Gasteiger partial charge in [0.25, 0.3) is 0 Å². The third kappa shape index (κ3) is 3.96. The van der Waals surface area contributed by atoms with Crippen molar-refractivity contribution in [2.75, 3.05) is 12.5 Å². The first-order valence-corrected chi connectivity index (χ1v) is 10.6. The number of halogens is 1. The second kappa shape index (κ2) is 6.15. The van der Waals surface area contributed by atoms with Crippen LogP contribution in [0.3, 0.4) is 0 Å². The zero-order valence-electron chi connectivity index (χ0n) is 13.4. The van der Waals surface area contributed by atoms with Gasteiger partial charge in [-0.3, -0.25) is 0 Å². The number of allylic oxidation sites excluding steroid dienone is 2. The van der Waals surface area contributed by atoms with Crippen molar-refractivity contribution in [3.63, 3.8) is 0 Å². The highest BCUT2D eigenvalue weighted by Crippen LogP contribution is 2.40. The van der Waals surface area contributed by atoms with Crippen LogP contribution in [-0.4, -0.2) is 20.8 Å². The molecule has 110 valence electrons. The van der Waals surface area contributed by atoms with Crippen molar-refractivity contribution in [1.29, 1.82) is 0 Å². The van der Waals surface area contributed by atoms with Gasteiger partial charge in [-0.2, -0.15) is 0 Å². The number of rotatable bonds is 5. The standard InChI is InChI=1S/C16H29ClOSi/c1-12(2)14-9-8-13(10-17)15(14)11-18-19(6,7)16(3,4)5/h14H,1,8-11H2,2-7H3/t14-/m0/s1. The first-order chi connectivity index (χ1) is 8.60. The summed E-state index contributed by atoms with van der Waals surface area (Å²) in [5.74, 6) is 1.12. The monoisotopic (exact) mass is 300 g/mol. The fourth-order valence-electron chi connectivity index (χ4n) is 2.27. The third-order valence-electron chi connectivity index (χ3n) is 4.76. The molecule has 0 saturated carbocycles. The molecule has 0 fully saturated rings. The molecule has 0 N–H and O–H groups in total. The molecule has 1 nitrogen and oxygen atoms in total. The van der Waals surface area contributed by atoms with Crippen LogP contribution in [0.2, 0.25) is 18.1 Å². The third-order valence-corrected chi connectivity index (χ3v) is 9.56. The molecule has 3 heteroatoms. The molecule has 1 rings (SSSR count). The van der Waals surface area contributed by atoms with Crippen LogP contribution in [0.5, 0.6) is 0 Å². The van der Waals surface area contributed by atoms with Crippen molar-refractivity contribution in [1.82, 2.24) is 0 Å². The Morgan fingerprint density at radius 3 is 2.42 bits per heavy atom. The average molecular weight is 301 g/mol. The Bertz CT molecular complexity index is 377. The molecule has 1 aliphatic rings. The van der Waals surface area contributed by atoms with E-state index in [4.69, 9.17) is 16.0 Å². The van der Waals surface area contributed by atoms with E-state index in [1.165, 1.54) is 16.7 Å². The SMILES string of the molecule is C=C(C)[C@@H]1CCC(CCl)=C1CO[Si](C)(C)C(C)(C)C. The number of hydrogen-bond donors (Lipinski definition) is 0. The maximum Gasteiger partial charge on any atom is 0.192 e.